The third kappa shape index (κ3) is 7.60. The molecular weight excluding hydrogens is 623 g/mol. The molecule has 0 aliphatic rings. The number of aryl methyl sites for hydroxylation is 1. The fourth-order valence-corrected chi connectivity index (χ4v) is 5.13. The molecule has 202 valence electrons. The second-order valence-electron chi connectivity index (χ2n) is 7.84. The van der Waals surface area contributed by atoms with Crippen LogP contribution < -0.4 is 23.8 Å². The zero-order valence-electron chi connectivity index (χ0n) is 21.5. The normalized spacial score (nSPS) is 11.3. The number of carbonyl (C=O) groups is 1. The van der Waals surface area contributed by atoms with Gasteiger partial charge in [-0.05, 0) is 98.3 Å². The molecule has 0 aliphatic carbocycles. The predicted molar refractivity (Wildman–Crippen MR) is 153 cm³/mol. The summed E-state index contributed by atoms with van der Waals surface area (Å²) in [6.45, 7) is 8.54. The van der Waals surface area contributed by atoms with Crippen molar-refractivity contribution in [2.24, 2.45) is 5.10 Å². The molecule has 0 saturated heterocycles. The first-order valence-electron chi connectivity index (χ1n) is 11.9. The lowest BCUT2D eigenvalue weighted by atomic mass is 10.2. The molecule has 0 heterocycles. The van der Waals surface area contributed by atoms with Crippen molar-refractivity contribution in [1.29, 1.82) is 0 Å². The summed E-state index contributed by atoms with van der Waals surface area (Å²) in [4.78, 5) is 12.7. The van der Waals surface area contributed by atoms with Crippen molar-refractivity contribution in [1.82, 2.24) is 5.43 Å². The van der Waals surface area contributed by atoms with E-state index in [2.05, 4.69) is 10.5 Å². The summed E-state index contributed by atoms with van der Waals surface area (Å²) in [6, 6.07) is 14.5. The average molecular weight is 653 g/mol. The van der Waals surface area contributed by atoms with Crippen LogP contribution in [0.2, 0.25) is 0 Å². The highest BCUT2D eigenvalue weighted by Gasteiger charge is 2.22. The molecular formula is C27H29IN2O7S. The monoisotopic (exact) mass is 652 g/mol. The Balaban J connectivity index is 1.79. The van der Waals surface area contributed by atoms with Crippen molar-refractivity contribution in [3.8, 4) is 23.0 Å². The van der Waals surface area contributed by atoms with Crippen LogP contribution in [-0.2, 0) is 10.1 Å². The zero-order chi connectivity index (χ0) is 27.7. The molecule has 0 bridgehead atoms. The molecule has 0 radical (unpaired) electrons. The Morgan fingerprint density at radius 2 is 1.53 bits per heavy atom. The Hall–Kier alpha value is -3.32. The molecule has 11 heteroatoms. The van der Waals surface area contributed by atoms with Crippen molar-refractivity contribution in [2.75, 3.05) is 19.8 Å². The molecule has 0 atom stereocenters. The van der Waals surface area contributed by atoms with E-state index in [4.69, 9.17) is 18.4 Å². The molecule has 1 amide bonds. The van der Waals surface area contributed by atoms with E-state index in [0.717, 1.165) is 5.56 Å². The van der Waals surface area contributed by atoms with Crippen LogP contribution in [0, 0.1) is 10.5 Å². The van der Waals surface area contributed by atoms with Crippen LogP contribution in [0.3, 0.4) is 0 Å². The summed E-state index contributed by atoms with van der Waals surface area (Å²) in [5.74, 6) is 0.897. The van der Waals surface area contributed by atoms with Gasteiger partial charge in [0.2, 0.25) is 0 Å². The van der Waals surface area contributed by atoms with Crippen LogP contribution in [0.1, 0.15) is 42.3 Å². The van der Waals surface area contributed by atoms with Crippen LogP contribution >= 0.6 is 22.6 Å². The lowest BCUT2D eigenvalue weighted by Crippen LogP contribution is -2.18. The van der Waals surface area contributed by atoms with Gasteiger partial charge < -0.3 is 18.4 Å². The molecule has 3 rings (SSSR count). The predicted octanol–water partition coefficient (Wildman–Crippen LogP) is 5.33. The lowest BCUT2D eigenvalue weighted by molar-refractivity contribution is 0.0954. The van der Waals surface area contributed by atoms with Crippen molar-refractivity contribution in [2.45, 2.75) is 32.6 Å². The minimum Gasteiger partial charge on any atom is -0.490 e. The number of benzene rings is 3. The van der Waals surface area contributed by atoms with Crippen LogP contribution in [-0.4, -0.2) is 40.4 Å². The van der Waals surface area contributed by atoms with Gasteiger partial charge in [0.25, 0.3) is 5.91 Å². The summed E-state index contributed by atoms with van der Waals surface area (Å²) in [5.41, 5.74) is 4.33. The maximum Gasteiger partial charge on any atom is 0.339 e. The fraction of sp³-hybridized carbons (Fsp3) is 0.259. The Morgan fingerprint density at radius 1 is 0.895 bits per heavy atom. The smallest absolute Gasteiger partial charge is 0.339 e. The minimum absolute atomic E-state index is 0.0384. The Kier molecular flexibility index (Phi) is 10.4. The van der Waals surface area contributed by atoms with Crippen molar-refractivity contribution in [3.63, 3.8) is 0 Å². The SMILES string of the molecule is CCOc1ccc(C(=O)N/N=C/c2cc(I)c(OS(=O)(=O)c3ccc(C)cc3)c(OCC)c2)cc1OCC. The number of carbonyl (C=O) groups excluding carboxylic acids is 1. The van der Waals surface area contributed by atoms with Gasteiger partial charge in [-0.25, -0.2) is 5.43 Å². The summed E-state index contributed by atoms with van der Waals surface area (Å²) in [7, 11) is -4.07. The molecule has 1 N–H and O–H groups in total. The fourth-order valence-electron chi connectivity index (χ4n) is 3.29. The summed E-state index contributed by atoms with van der Waals surface area (Å²) in [6.07, 6.45) is 1.43. The van der Waals surface area contributed by atoms with Crippen LogP contribution in [0.15, 0.2) is 64.6 Å². The van der Waals surface area contributed by atoms with E-state index in [1.54, 1.807) is 49.4 Å². The Bertz CT molecular complexity index is 1410. The molecule has 0 saturated carbocycles. The van der Waals surface area contributed by atoms with E-state index in [1.165, 1.54) is 18.3 Å². The van der Waals surface area contributed by atoms with E-state index >= 15 is 0 Å². The van der Waals surface area contributed by atoms with Crippen LogP contribution in [0.25, 0.3) is 0 Å². The summed E-state index contributed by atoms with van der Waals surface area (Å²) >= 11 is 1.97. The molecule has 9 nitrogen and oxygen atoms in total. The van der Waals surface area contributed by atoms with Gasteiger partial charge in [-0.3, -0.25) is 4.79 Å². The first-order valence-corrected chi connectivity index (χ1v) is 14.4. The highest BCUT2D eigenvalue weighted by molar-refractivity contribution is 14.1. The first-order chi connectivity index (χ1) is 18.2. The third-order valence-electron chi connectivity index (χ3n) is 5.02. The molecule has 0 spiro atoms. The minimum atomic E-state index is -4.07. The zero-order valence-corrected chi connectivity index (χ0v) is 24.5. The number of nitrogens with one attached hydrogen (secondary N) is 1. The standard InChI is InChI=1S/C27H29IN2O7S/c1-5-34-23-13-10-20(16-24(23)35-6-2)27(31)30-29-17-19-14-22(28)26(25(15-19)36-7-3)37-38(32,33)21-11-8-18(4)9-12-21/h8-17H,5-7H2,1-4H3,(H,30,31)/b29-17+. The highest BCUT2D eigenvalue weighted by atomic mass is 127. The topological polar surface area (TPSA) is 113 Å². The van der Waals surface area contributed by atoms with Gasteiger partial charge in [-0.2, -0.15) is 13.5 Å². The Labute approximate surface area is 236 Å². The highest BCUT2D eigenvalue weighted by Crippen LogP contribution is 2.36. The molecule has 0 fully saturated rings. The van der Waals surface area contributed by atoms with Crippen LogP contribution in [0.5, 0.6) is 23.0 Å². The van der Waals surface area contributed by atoms with E-state index in [9.17, 15) is 13.2 Å². The molecule has 0 unspecified atom stereocenters. The van der Waals surface area contributed by atoms with Crippen LogP contribution in [0.4, 0.5) is 0 Å². The molecule has 38 heavy (non-hydrogen) atoms. The van der Waals surface area contributed by atoms with Gasteiger partial charge in [0, 0.05) is 5.56 Å². The van der Waals surface area contributed by atoms with E-state index in [0.29, 0.717) is 39.4 Å². The quantitative estimate of drug-likeness (QED) is 0.122. The number of halogens is 1. The molecule has 0 aliphatic heterocycles. The molecule has 3 aromatic carbocycles. The number of ether oxygens (including phenoxy) is 3. The van der Waals surface area contributed by atoms with Crippen molar-refractivity contribution in [3.05, 3.63) is 74.9 Å². The third-order valence-corrected chi connectivity index (χ3v) is 7.06. The van der Waals surface area contributed by atoms with Gasteiger partial charge in [0.15, 0.2) is 23.0 Å². The van der Waals surface area contributed by atoms with E-state index < -0.39 is 16.0 Å². The largest absolute Gasteiger partial charge is 0.490 e. The first kappa shape index (κ1) is 29.2. The summed E-state index contributed by atoms with van der Waals surface area (Å²) < 4.78 is 48.4. The van der Waals surface area contributed by atoms with Gasteiger partial charge in [0.05, 0.1) is 29.6 Å². The number of hydrogen-bond acceptors (Lipinski definition) is 8. The molecule has 3 aromatic rings. The number of hydrazone groups is 1. The number of nitrogens with zero attached hydrogens (tertiary/aromatic N) is 1. The number of amides is 1. The van der Waals surface area contributed by atoms with Gasteiger partial charge in [0.1, 0.15) is 4.90 Å². The maximum absolute atomic E-state index is 12.8. The van der Waals surface area contributed by atoms with Gasteiger partial charge >= 0.3 is 10.1 Å². The lowest BCUT2D eigenvalue weighted by Gasteiger charge is -2.14. The second kappa shape index (κ2) is 13.5. The maximum atomic E-state index is 12.8. The number of hydrogen-bond donors (Lipinski definition) is 1. The second-order valence-corrected chi connectivity index (χ2v) is 10.5. The van der Waals surface area contributed by atoms with Gasteiger partial charge in [-0.15, -0.1) is 0 Å². The molecule has 0 aromatic heterocycles. The Morgan fingerprint density at radius 3 is 2.18 bits per heavy atom. The summed E-state index contributed by atoms with van der Waals surface area (Å²) in [5, 5.41) is 4.04. The van der Waals surface area contributed by atoms with Crippen molar-refractivity contribution < 1.29 is 31.6 Å². The van der Waals surface area contributed by atoms with E-state index in [-0.39, 0.29) is 23.0 Å². The number of rotatable bonds is 12. The van der Waals surface area contributed by atoms with Crippen molar-refractivity contribution >= 4 is 44.8 Å². The van der Waals surface area contributed by atoms with E-state index in [1.807, 2.05) is 43.4 Å². The average Bonchev–Trinajstić information content (AvgIpc) is 2.88. The van der Waals surface area contributed by atoms with Gasteiger partial charge in [-0.1, -0.05) is 17.7 Å².